The Bertz CT molecular complexity index is 1530. The number of amides is 4. The zero-order valence-corrected chi connectivity index (χ0v) is 26.1. The molecular formula is C34H42N8O3. The summed E-state index contributed by atoms with van der Waals surface area (Å²) in [5.74, 6) is -0.492. The van der Waals surface area contributed by atoms with Crippen molar-refractivity contribution < 1.29 is 14.4 Å². The van der Waals surface area contributed by atoms with E-state index in [9.17, 15) is 14.4 Å². The number of nitrogens with one attached hydrogen (secondary N) is 6. The molecule has 0 bridgehead atoms. The number of urea groups is 1. The lowest BCUT2D eigenvalue weighted by Crippen LogP contribution is -2.57. The van der Waals surface area contributed by atoms with E-state index in [1.54, 1.807) is 24.3 Å². The minimum absolute atomic E-state index is 0.0203. The lowest BCUT2D eigenvalue weighted by molar-refractivity contribution is -0.111. The summed E-state index contributed by atoms with van der Waals surface area (Å²) in [7, 11) is 4.01. The van der Waals surface area contributed by atoms with E-state index in [-0.39, 0.29) is 42.0 Å². The molecule has 2 aliphatic rings. The Balaban J connectivity index is 1.22. The molecule has 3 aromatic rings. The molecule has 0 radical (unpaired) electrons. The van der Waals surface area contributed by atoms with Gasteiger partial charge in [-0.25, -0.2) is 10.2 Å². The van der Waals surface area contributed by atoms with Crippen LogP contribution in [0.2, 0.25) is 0 Å². The predicted molar refractivity (Wildman–Crippen MR) is 178 cm³/mol. The van der Waals surface area contributed by atoms with Crippen molar-refractivity contribution in [1.29, 1.82) is 0 Å². The van der Waals surface area contributed by atoms with E-state index in [1.165, 1.54) is 6.08 Å². The lowest BCUT2D eigenvalue weighted by atomic mass is 9.90. The van der Waals surface area contributed by atoms with E-state index in [0.717, 1.165) is 11.3 Å². The summed E-state index contributed by atoms with van der Waals surface area (Å²) in [6.07, 6.45) is 1.04. The molecule has 3 aromatic carbocycles. The molecule has 0 aliphatic carbocycles. The van der Waals surface area contributed by atoms with Gasteiger partial charge in [-0.05, 0) is 82.0 Å². The van der Waals surface area contributed by atoms with Crippen LogP contribution in [-0.2, 0) is 4.79 Å². The molecule has 2 fully saturated rings. The van der Waals surface area contributed by atoms with Gasteiger partial charge in [0.2, 0.25) is 5.91 Å². The van der Waals surface area contributed by atoms with Crippen molar-refractivity contribution in [2.24, 2.45) is 5.92 Å². The third-order valence-corrected chi connectivity index (χ3v) is 8.44. The highest BCUT2D eigenvalue weighted by molar-refractivity contribution is 6.05. The van der Waals surface area contributed by atoms with E-state index >= 15 is 0 Å². The maximum Gasteiger partial charge on any atom is 0.318 e. The minimum atomic E-state index is -0.447. The lowest BCUT2D eigenvalue weighted by Gasteiger charge is -2.37. The predicted octanol–water partition coefficient (Wildman–Crippen LogP) is 4.00. The van der Waals surface area contributed by atoms with Gasteiger partial charge in [0.1, 0.15) is 0 Å². The molecule has 236 valence electrons. The van der Waals surface area contributed by atoms with E-state index in [0.29, 0.717) is 30.0 Å². The molecule has 5 rings (SSSR count). The Morgan fingerprint density at radius 3 is 2.36 bits per heavy atom. The van der Waals surface area contributed by atoms with Crippen LogP contribution in [0.25, 0.3) is 0 Å². The molecule has 2 heterocycles. The quantitative estimate of drug-likeness (QED) is 0.192. The van der Waals surface area contributed by atoms with E-state index in [2.05, 4.69) is 57.4 Å². The summed E-state index contributed by atoms with van der Waals surface area (Å²) in [5, 5.41) is 12.4. The molecule has 0 spiro atoms. The third-order valence-electron chi connectivity index (χ3n) is 8.44. The normalized spacial score (nSPS) is 20.6. The molecule has 0 aromatic heterocycles. The Hall–Kier alpha value is -4.71. The van der Waals surface area contributed by atoms with Gasteiger partial charge in [-0.15, -0.1) is 0 Å². The maximum atomic E-state index is 13.7. The molecule has 2 saturated heterocycles. The SMILES string of the molecule is C=CC(=O)Nc1ccc(C(=O)Nc2cccc(NC3NNC4C3CN(C(=O)N[C@H](CN(C)C)c3ccccc3)C4(C)C)c2)cc1. The number of fused-ring (bicyclic) bond motifs is 1. The van der Waals surface area contributed by atoms with Crippen molar-refractivity contribution in [2.45, 2.75) is 37.6 Å². The van der Waals surface area contributed by atoms with Crippen LogP contribution in [0.4, 0.5) is 21.9 Å². The summed E-state index contributed by atoms with van der Waals surface area (Å²) in [5.41, 5.74) is 9.92. The van der Waals surface area contributed by atoms with Gasteiger partial charge in [0, 0.05) is 41.6 Å². The van der Waals surface area contributed by atoms with Crippen molar-refractivity contribution in [3.63, 3.8) is 0 Å². The van der Waals surface area contributed by atoms with E-state index < -0.39 is 5.54 Å². The first-order valence-corrected chi connectivity index (χ1v) is 15.1. The molecular weight excluding hydrogens is 568 g/mol. The fourth-order valence-corrected chi connectivity index (χ4v) is 6.08. The number of benzene rings is 3. The van der Waals surface area contributed by atoms with Crippen molar-refractivity contribution in [3.8, 4) is 0 Å². The third kappa shape index (κ3) is 7.34. The first-order valence-electron chi connectivity index (χ1n) is 15.1. The number of likely N-dealkylation sites (N-methyl/N-ethyl adjacent to an activating group) is 1. The number of likely N-dealkylation sites (tertiary alicyclic amines) is 1. The number of carbonyl (C=O) groups excluding carboxylic acids is 3. The fraction of sp³-hybridized carbons (Fsp3) is 0.324. The van der Waals surface area contributed by atoms with Crippen LogP contribution in [0.15, 0.2) is 91.5 Å². The highest BCUT2D eigenvalue weighted by Crippen LogP contribution is 2.38. The van der Waals surface area contributed by atoms with Gasteiger partial charge in [0.05, 0.1) is 23.8 Å². The first kappa shape index (κ1) is 31.7. The zero-order chi connectivity index (χ0) is 32.1. The van der Waals surface area contributed by atoms with Gasteiger partial charge in [-0.2, -0.15) is 0 Å². The molecule has 4 amide bonds. The monoisotopic (exact) mass is 610 g/mol. The summed E-state index contributed by atoms with van der Waals surface area (Å²) in [6, 6.07) is 24.0. The zero-order valence-electron chi connectivity index (χ0n) is 26.1. The minimum Gasteiger partial charge on any atom is -0.368 e. The number of carbonyl (C=O) groups is 3. The number of nitrogens with zero attached hydrogens (tertiary/aromatic N) is 2. The standard InChI is InChI=1S/C34H42N8O3/c1-6-29(43)35-24-17-15-23(16-18-24)32(44)37-26-14-10-13-25(19-26)36-31-27-20-42(34(2,3)30(27)39-40-31)33(45)38-28(21-41(4)5)22-11-8-7-9-12-22/h6-19,27-28,30-31,36,39-40H,1,20-21H2,2-5H3,(H,35,43)(H,37,44)(H,38,45)/t27?,28-,30?,31?/m1/s1. The second-order valence-corrected chi connectivity index (χ2v) is 12.3. The fourth-order valence-electron chi connectivity index (χ4n) is 6.08. The topological polar surface area (TPSA) is 130 Å². The van der Waals surface area contributed by atoms with Crippen molar-refractivity contribution in [3.05, 3.63) is 103 Å². The largest absolute Gasteiger partial charge is 0.368 e. The van der Waals surface area contributed by atoms with E-state index in [1.807, 2.05) is 73.6 Å². The van der Waals surface area contributed by atoms with Crippen LogP contribution < -0.4 is 32.1 Å². The highest BCUT2D eigenvalue weighted by atomic mass is 16.2. The first-order chi connectivity index (χ1) is 21.5. The Kier molecular flexibility index (Phi) is 9.52. The van der Waals surface area contributed by atoms with Crippen LogP contribution in [0.3, 0.4) is 0 Å². The summed E-state index contributed by atoms with van der Waals surface area (Å²) in [6.45, 7) is 8.87. The van der Waals surface area contributed by atoms with Crippen molar-refractivity contribution in [2.75, 3.05) is 43.1 Å². The van der Waals surface area contributed by atoms with Crippen LogP contribution in [0.5, 0.6) is 0 Å². The van der Waals surface area contributed by atoms with Crippen LogP contribution in [0.1, 0.15) is 35.8 Å². The molecule has 4 atom stereocenters. The molecule has 11 nitrogen and oxygen atoms in total. The summed E-state index contributed by atoms with van der Waals surface area (Å²) in [4.78, 5) is 42.2. The molecule has 2 aliphatic heterocycles. The molecule has 45 heavy (non-hydrogen) atoms. The number of hydrogen-bond donors (Lipinski definition) is 6. The highest BCUT2D eigenvalue weighted by Gasteiger charge is 2.55. The van der Waals surface area contributed by atoms with E-state index in [4.69, 9.17) is 0 Å². The molecule has 11 heteroatoms. The average molecular weight is 611 g/mol. The van der Waals surface area contributed by atoms with Crippen molar-refractivity contribution in [1.82, 2.24) is 26.0 Å². The Morgan fingerprint density at radius 1 is 0.956 bits per heavy atom. The van der Waals surface area contributed by atoms with Gasteiger partial charge in [0.15, 0.2) is 0 Å². The second kappa shape index (κ2) is 13.5. The number of rotatable bonds is 10. The van der Waals surface area contributed by atoms with Gasteiger partial charge in [0.25, 0.3) is 5.91 Å². The Labute approximate surface area is 264 Å². The molecule has 6 N–H and O–H groups in total. The van der Waals surface area contributed by atoms with Gasteiger partial charge in [-0.3, -0.25) is 15.0 Å². The average Bonchev–Trinajstić information content (AvgIpc) is 3.54. The summed E-state index contributed by atoms with van der Waals surface area (Å²) < 4.78 is 0. The van der Waals surface area contributed by atoms with Gasteiger partial charge in [-0.1, -0.05) is 43.0 Å². The van der Waals surface area contributed by atoms with Gasteiger partial charge >= 0.3 is 6.03 Å². The number of hydrogen-bond acceptors (Lipinski definition) is 7. The molecule has 3 unspecified atom stereocenters. The maximum absolute atomic E-state index is 13.7. The Morgan fingerprint density at radius 2 is 1.67 bits per heavy atom. The molecule has 0 saturated carbocycles. The van der Waals surface area contributed by atoms with Crippen LogP contribution >= 0.6 is 0 Å². The van der Waals surface area contributed by atoms with Crippen molar-refractivity contribution >= 4 is 34.9 Å². The number of anilines is 3. The smallest absolute Gasteiger partial charge is 0.318 e. The second-order valence-electron chi connectivity index (χ2n) is 12.3. The van der Waals surface area contributed by atoms with Crippen LogP contribution in [-0.4, -0.2) is 72.6 Å². The summed E-state index contributed by atoms with van der Waals surface area (Å²) >= 11 is 0. The number of hydrazine groups is 1. The van der Waals surface area contributed by atoms with Gasteiger partial charge < -0.3 is 31.1 Å². The van der Waals surface area contributed by atoms with Crippen LogP contribution in [0, 0.1) is 5.92 Å².